The minimum atomic E-state index is 0.671. The fourth-order valence-corrected chi connectivity index (χ4v) is 12.3. The molecule has 0 saturated carbocycles. The van der Waals surface area contributed by atoms with E-state index >= 15 is 0 Å². The molecule has 22 heavy (non-hydrogen) atoms. The summed E-state index contributed by atoms with van der Waals surface area (Å²) < 4.78 is 8.54. The summed E-state index contributed by atoms with van der Waals surface area (Å²) in [7, 11) is 0. The zero-order valence-electron chi connectivity index (χ0n) is 12.4. The van der Waals surface area contributed by atoms with Crippen LogP contribution in [0, 0.1) is 0 Å². The highest BCUT2D eigenvalue weighted by Crippen LogP contribution is 2.65. The second-order valence-corrected chi connectivity index (χ2v) is 13.1. The Labute approximate surface area is 166 Å². The number of unbranched alkanes of at least 4 members (excludes halogenated alkanes) is 1. The lowest BCUT2D eigenvalue weighted by Gasteiger charge is -2.02. The van der Waals surface area contributed by atoms with E-state index in [9.17, 15) is 4.79 Å². The molecule has 0 aromatic rings. The molecule has 0 unspecified atom stereocenters. The summed E-state index contributed by atoms with van der Waals surface area (Å²) in [4.78, 5) is 10.4. The number of carbonyl (C=O) groups is 1. The van der Waals surface area contributed by atoms with Gasteiger partial charge in [0.1, 0.15) is 6.29 Å². The Morgan fingerprint density at radius 2 is 1.27 bits per heavy atom. The van der Waals surface area contributed by atoms with E-state index in [1.807, 2.05) is 94.1 Å². The Bertz CT molecular complexity index is 504. The van der Waals surface area contributed by atoms with Gasteiger partial charge in [-0.25, -0.2) is 0 Å². The molecule has 2 aliphatic heterocycles. The maximum absolute atomic E-state index is 10.4. The zero-order valence-corrected chi connectivity index (χ0v) is 18.9. The van der Waals surface area contributed by atoms with Gasteiger partial charge >= 0.3 is 0 Å². The highest BCUT2D eigenvalue weighted by Gasteiger charge is 2.29. The lowest BCUT2D eigenvalue weighted by atomic mass is 10.4. The summed E-state index contributed by atoms with van der Waals surface area (Å²) in [6, 6.07) is 0. The van der Waals surface area contributed by atoms with Gasteiger partial charge in [-0.05, 0) is 30.9 Å². The molecule has 0 aromatic carbocycles. The van der Waals surface area contributed by atoms with Crippen molar-refractivity contribution < 1.29 is 4.79 Å². The summed E-state index contributed by atoms with van der Waals surface area (Å²) in [5.74, 6) is 1.03. The van der Waals surface area contributed by atoms with Crippen LogP contribution in [0.3, 0.4) is 0 Å². The molecule has 0 bridgehead atoms. The molecule has 0 amide bonds. The molecular weight excluding hydrogens is 429 g/mol. The van der Waals surface area contributed by atoms with Crippen LogP contribution in [-0.4, -0.2) is 30.8 Å². The summed E-state index contributed by atoms with van der Waals surface area (Å²) in [6.45, 7) is 0. The first-order valence-electron chi connectivity index (χ1n) is 6.36. The highest BCUT2D eigenvalue weighted by atomic mass is 32.3. The van der Waals surface area contributed by atoms with Gasteiger partial charge < -0.3 is 4.79 Å². The van der Waals surface area contributed by atoms with Crippen LogP contribution in [0.15, 0.2) is 25.4 Å². The van der Waals surface area contributed by atoms with Crippen molar-refractivity contribution in [1.29, 1.82) is 0 Å². The molecule has 0 aromatic heterocycles. The van der Waals surface area contributed by atoms with Gasteiger partial charge in [0, 0.05) is 6.42 Å². The Kier molecular flexibility index (Phi) is 9.67. The summed E-state index contributed by atoms with van der Waals surface area (Å²) in [5, 5.41) is 0. The predicted octanol–water partition coefficient (Wildman–Crippen LogP) is 7.13. The van der Waals surface area contributed by atoms with E-state index in [-0.39, 0.29) is 0 Å². The Morgan fingerprint density at radius 1 is 0.818 bits per heavy atom. The third kappa shape index (κ3) is 5.34. The number of carbonyl (C=O) groups excluding carboxylic acids is 1. The summed E-state index contributed by atoms with van der Waals surface area (Å²) in [5.41, 5.74) is 0. The minimum absolute atomic E-state index is 0.671. The van der Waals surface area contributed by atoms with E-state index in [1.54, 1.807) is 0 Å². The molecule has 122 valence electrons. The fraction of sp³-hybridized carbons (Fsp3) is 0.462. The van der Waals surface area contributed by atoms with Gasteiger partial charge in [-0.2, -0.15) is 0 Å². The largest absolute Gasteiger partial charge is 0.303 e. The van der Waals surface area contributed by atoms with Crippen LogP contribution in [0.4, 0.5) is 0 Å². The van der Waals surface area contributed by atoms with Crippen molar-refractivity contribution >= 4 is 100 Å². The Morgan fingerprint density at radius 3 is 1.73 bits per heavy atom. The van der Waals surface area contributed by atoms with Crippen molar-refractivity contribution in [3.63, 3.8) is 0 Å². The van der Waals surface area contributed by atoms with Crippen LogP contribution in [0.5, 0.6) is 0 Å². The van der Waals surface area contributed by atoms with Crippen molar-refractivity contribution in [3.05, 3.63) is 25.4 Å². The lowest BCUT2D eigenvalue weighted by Crippen LogP contribution is -1.81. The van der Waals surface area contributed by atoms with Gasteiger partial charge in [-0.15, -0.1) is 47.0 Å². The molecular formula is C13H16OS8. The summed E-state index contributed by atoms with van der Waals surface area (Å²) >= 11 is 15.1. The third-order valence-electron chi connectivity index (χ3n) is 2.50. The Hall–Kier alpha value is 1.69. The average Bonchev–Trinajstić information content (AvgIpc) is 3.14. The number of thioether (sulfide) groups is 8. The molecule has 0 fully saturated rings. The molecule has 9 heteroatoms. The van der Waals surface area contributed by atoms with E-state index < -0.39 is 0 Å². The van der Waals surface area contributed by atoms with Crippen LogP contribution in [-0.2, 0) is 4.79 Å². The van der Waals surface area contributed by atoms with Gasteiger partial charge in [0.25, 0.3) is 0 Å². The number of aldehydes is 1. The lowest BCUT2D eigenvalue weighted by molar-refractivity contribution is -0.107. The maximum Gasteiger partial charge on any atom is 0.120 e. The first-order chi connectivity index (χ1) is 10.7. The van der Waals surface area contributed by atoms with Crippen molar-refractivity contribution in [3.8, 4) is 0 Å². The number of hydrogen-bond acceptors (Lipinski definition) is 9. The minimum Gasteiger partial charge on any atom is -0.303 e. The Balaban J connectivity index is 2.00. The molecule has 0 spiro atoms. The van der Waals surface area contributed by atoms with Crippen LogP contribution in [0.1, 0.15) is 12.8 Å². The van der Waals surface area contributed by atoms with Gasteiger partial charge in [0.15, 0.2) is 0 Å². The van der Waals surface area contributed by atoms with Crippen molar-refractivity contribution in [2.75, 3.05) is 24.5 Å². The number of hydrogen-bond donors (Lipinski definition) is 0. The molecule has 0 N–H and O–H groups in total. The van der Waals surface area contributed by atoms with Gasteiger partial charge in [0.05, 0.1) is 25.4 Å². The van der Waals surface area contributed by atoms with E-state index in [4.69, 9.17) is 0 Å². The molecule has 1 nitrogen and oxygen atoms in total. The first kappa shape index (κ1) is 20.0. The summed E-state index contributed by atoms with van der Waals surface area (Å²) in [6.07, 6.45) is 9.11. The van der Waals surface area contributed by atoms with E-state index in [0.29, 0.717) is 6.42 Å². The molecule has 0 aliphatic carbocycles. The molecule has 2 rings (SSSR count). The number of rotatable bonds is 8. The van der Waals surface area contributed by atoms with E-state index in [2.05, 4.69) is 18.8 Å². The van der Waals surface area contributed by atoms with Crippen molar-refractivity contribution in [1.82, 2.24) is 0 Å². The van der Waals surface area contributed by atoms with Crippen LogP contribution in [0.25, 0.3) is 0 Å². The monoisotopic (exact) mass is 444 g/mol. The maximum atomic E-state index is 10.4. The predicted molar refractivity (Wildman–Crippen MR) is 120 cm³/mol. The van der Waals surface area contributed by atoms with Gasteiger partial charge in [-0.3, -0.25) is 0 Å². The van der Waals surface area contributed by atoms with Gasteiger partial charge in [0.2, 0.25) is 0 Å². The van der Waals surface area contributed by atoms with Crippen LogP contribution >= 0.6 is 94.1 Å². The first-order valence-corrected chi connectivity index (χ1v) is 14.3. The molecule has 0 atom stereocenters. The molecule has 2 aliphatic rings. The van der Waals surface area contributed by atoms with Crippen LogP contribution < -0.4 is 0 Å². The normalized spacial score (nSPS) is 18.9. The molecule has 0 saturated heterocycles. The average molecular weight is 445 g/mol. The van der Waals surface area contributed by atoms with Crippen molar-refractivity contribution in [2.24, 2.45) is 0 Å². The third-order valence-corrected chi connectivity index (χ3v) is 13.7. The second-order valence-electron chi connectivity index (χ2n) is 3.90. The highest BCUT2D eigenvalue weighted by molar-refractivity contribution is 8.44. The standard InChI is InChI=1S/C13H16OS8/c1-15-8-9(16-2)20-12(19-8)13-21-10(17-3)11(22-13)18-7-5-4-6-14/h6H,4-5,7H2,1-3H3. The SMILES string of the molecule is CSC1=C(SC)SC(=C2SC(SC)=C(SCCCC=O)S2)S1. The smallest absolute Gasteiger partial charge is 0.120 e. The van der Waals surface area contributed by atoms with E-state index in [0.717, 1.165) is 18.5 Å². The molecule has 2 heterocycles. The zero-order chi connectivity index (χ0) is 15.9. The second kappa shape index (κ2) is 10.6. The van der Waals surface area contributed by atoms with Crippen LogP contribution in [0.2, 0.25) is 0 Å². The quantitative estimate of drug-likeness (QED) is 0.285. The van der Waals surface area contributed by atoms with Crippen molar-refractivity contribution in [2.45, 2.75) is 12.8 Å². The van der Waals surface area contributed by atoms with Gasteiger partial charge in [-0.1, -0.05) is 47.0 Å². The topological polar surface area (TPSA) is 17.1 Å². The molecule has 0 radical (unpaired) electrons. The fourth-order valence-electron chi connectivity index (χ4n) is 1.51. The van der Waals surface area contributed by atoms with E-state index in [1.165, 1.54) is 25.4 Å².